The molecule has 0 spiro atoms. The zero-order valence-corrected chi connectivity index (χ0v) is 7.56. The van der Waals surface area contributed by atoms with Crippen molar-refractivity contribution < 1.29 is 14.3 Å². The Morgan fingerprint density at radius 3 is 2.73 bits per heavy atom. The van der Waals surface area contributed by atoms with Crippen molar-refractivity contribution in [3.8, 4) is 0 Å². The molecule has 0 heterocycles. The van der Waals surface area contributed by atoms with Crippen molar-refractivity contribution in [1.82, 2.24) is 0 Å². The fraction of sp³-hybridized carbons (Fsp3) is 0.857. The van der Waals surface area contributed by atoms with E-state index in [1.807, 2.05) is 0 Å². The Labute approximate surface area is 71.6 Å². The summed E-state index contributed by atoms with van der Waals surface area (Å²) >= 11 is 5.28. The highest BCUT2D eigenvalue weighted by Gasteiger charge is 2.08. The molecule has 0 saturated carbocycles. The van der Waals surface area contributed by atoms with Crippen LogP contribution >= 0.6 is 11.6 Å². The topological polar surface area (TPSA) is 35.5 Å². The summed E-state index contributed by atoms with van der Waals surface area (Å²) < 4.78 is 9.62. The lowest BCUT2D eigenvalue weighted by Gasteiger charge is -2.08. The van der Waals surface area contributed by atoms with Gasteiger partial charge in [0.15, 0.2) is 0 Å². The molecular formula is C7H13ClO3. The Morgan fingerprint density at radius 1 is 1.64 bits per heavy atom. The Balaban J connectivity index is 3.40. The second-order valence-corrected chi connectivity index (χ2v) is 2.31. The van der Waals surface area contributed by atoms with E-state index in [-0.39, 0.29) is 24.6 Å². The van der Waals surface area contributed by atoms with Crippen LogP contribution in [0.5, 0.6) is 0 Å². The van der Waals surface area contributed by atoms with Gasteiger partial charge in [-0.05, 0) is 13.8 Å². The highest BCUT2D eigenvalue weighted by molar-refractivity contribution is 6.17. The SMILES string of the molecule is CCOC(=O)CC(C)OCCl. The maximum absolute atomic E-state index is 10.8. The number of rotatable bonds is 5. The van der Waals surface area contributed by atoms with Gasteiger partial charge in [0, 0.05) is 0 Å². The van der Waals surface area contributed by atoms with Crippen molar-refractivity contribution in [2.75, 3.05) is 12.7 Å². The standard InChI is InChI=1S/C7H13ClO3/c1-3-10-7(9)4-6(2)11-5-8/h6H,3-5H2,1-2H3. The summed E-state index contributed by atoms with van der Waals surface area (Å²) in [5, 5.41) is 0. The number of carbonyl (C=O) groups excluding carboxylic acids is 1. The lowest BCUT2D eigenvalue weighted by atomic mass is 10.3. The van der Waals surface area contributed by atoms with Crippen molar-refractivity contribution in [2.45, 2.75) is 26.4 Å². The van der Waals surface area contributed by atoms with Gasteiger partial charge < -0.3 is 9.47 Å². The Bertz CT molecular complexity index is 116. The molecule has 0 aliphatic rings. The molecule has 0 aromatic heterocycles. The highest BCUT2D eigenvalue weighted by Crippen LogP contribution is 1.99. The molecule has 0 bridgehead atoms. The molecule has 0 N–H and O–H groups in total. The number of esters is 1. The molecule has 3 nitrogen and oxygen atoms in total. The number of alkyl halides is 1. The van der Waals surface area contributed by atoms with Crippen LogP contribution in [0.25, 0.3) is 0 Å². The number of ether oxygens (including phenoxy) is 2. The van der Waals surface area contributed by atoms with Crippen molar-refractivity contribution in [1.29, 1.82) is 0 Å². The van der Waals surface area contributed by atoms with Crippen LogP contribution in [-0.2, 0) is 14.3 Å². The predicted molar refractivity (Wildman–Crippen MR) is 42.5 cm³/mol. The van der Waals surface area contributed by atoms with Crippen LogP contribution in [0.2, 0.25) is 0 Å². The van der Waals surface area contributed by atoms with Crippen LogP contribution in [0.1, 0.15) is 20.3 Å². The number of carbonyl (C=O) groups is 1. The lowest BCUT2D eigenvalue weighted by Crippen LogP contribution is -2.15. The van der Waals surface area contributed by atoms with Gasteiger partial charge in [-0.15, -0.1) is 0 Å². The molecule has 0 radical (unpaired) electrons. The molecule has 1 unspecified atom stereocenters. The largest absolute Gasteiger partial charge is 0.466 e. The van der Waals surface area contributed by atoms with Crippen LogP contribution in [0.15, 0.2) is 0 Å². The Kier molecular flexibility index (Phi) is 6.27. The lowest BCUT2D eigenvalue weighted by molar-refractivity contribution is -0.145. The summed E-state index contributed by atoms with van der Waals surface area (Å²) in [5.74, 6) is -0.245. The van der Waals surface area contributed by atoms with Gasteiger partial charge >= 0.3 is 5.97 Å². The van der Waals surface area contributed by atoms with Crippen LogP contribution in [-0.4, -0.2) is 24.7 Å². The van der Waals surface area contributed by atoms with Crippen molar-refractivity contribution in [3.05, 3.63) is 0 Å². The summed E-state index contributed by atoms with van der Waals surface area (Å²) in [7, 11) is 0. The van der Waals surface area contributed by atoms with Gasteiger partial charge in [-0.2, -0.15) is 0 Å². The van der Waals surface area contributed by atoms with Gasteiger partial charge in [-0.25, -0.2) is 0 Å². The smallest absolute Gasteiger partial charge is 0.308 e. The van der Waals surface area contributed by atoms with Gasteiger partial charge in [-0.3, -0.25) is 4.79 Å². The minimum absolute atomic E-state index is 0.112. The molecule has 0 aromatic rings. The monoisotopic (exact) mass is 180 g/mol. The zero-order valence-electron chi connectivity index (χ0n) is 6.80. The van der Waals surface area contributed by atoms with E-state index in [0.717, 1.165) is 0 Å². The van der Waals surface area contributed by atoms with Crippen LogP contribution in [0.4, 0.5) is 0 Å². The van der Waals surface area contributed by atoms with E-state index < -0.39 is 0 Å². The highest BCUT2D eigenvalue weighted by atomic mass is 35.5. The molecule has 0 aliphatic carbocycles. The summed E-state index contributed by atoms with van der Waals surface area (Å²) in [6.45, 7) is 3.96. The average molecular weight is 181 g/mol. The number of hydrogen-bond donors (Lipinski definition) is 0. The van der Waals surface area contributed by atoms with E-state index in [4.69, 9.17) is 21.1 Å². The third kappa shape index (κ3) is 6.13. The van der Waals surface area contributed by atoms with Crippen LogP contribution < -0.4 is 0 Å². The molecule has 1 atom stereocenters. The van der Waals surface area contributed by atoms with Gasteiger partial charge in [0.05, 0.1) is 19.1 Å². The van der Waals surface area contributed by atoms with Gasteiger partial charge in [0.25, 0.3) is 0 Å². The maximum atomic E-state index is 10.8. The Hall–Kier alpha value is -0.280. The number of hydrogen-bond acceptors (Lipinski definition) is 3. The molecule has 0 saturated heterocycles. The first kappa shape index (κ1) is 10.7. The fourth-order valence-corrected chi connectivity index (χ4v) is 0.836. The maximum Gasteiger partial charge on any atom is 0.308 e. The van der Waals surface area contributed by atoms with E-state index in [9.17, 15) is 4.79 Å². The van der Waals surface area contributed by atoms with Crippen molar-refractivity contribution in [2.24, 2.45) is 0 Å². The molecule has 0 aliphatic heterocycles. The molecule has 4 heteroatoms. The zero-order chi connectivity index (χ0) is 8.69. The fourth-order valence-electron chi connectivity index (χ4n) is 0.621. The Morgan fingerprint density at radius 2 is 2.27 bits per heavy atom. The third-order valence-corrected chi connectivity index (χ3v) is 1.23. The molecular weight excluding hydrogens is 168 g/mol. The first-order chi connectivity index (χ1) is 5.20. The molecule has 66 valence electrons. The second-order valence-electron chi connectivity index (χ2n) is 2.10. The summed E-state index contributed by atoms with van der Waals surface area (Å²) in [4.78, 5) is 10.8. The number of halogens is 1. The van der Waals surface area contributed by atoms with Gasteiger partial charge in [-0.1, -0.05) is 11.6 Å². The van der Waals surface area contributed by atoms with E-state index in [1.54, 1.807) is 13.8 Å². The van der Waals surface area contributed by atoms with Crippen LogP contribution in [0, 0.1) is 0 Å². The normalized spacial score (nSPS) is 12.6. The molecule has 0 aromatic carbocycles. The van der Waals surface area contributed by atoms with Gasteiger partial charge in [0.1, 0.15) is 6.07 Å². The molecule has 0 fully saturated rings. The van der Waals surface area contributed by atoms with Gasteiger partial charge in [0.2, 0.25) is 0 Å². The third-order valence-electron chi connectivity index (χ3n) is 1.11. The average Bonchev–Trinajstić information content (AvgIpc) is 1.87. The predicted octanol–water partition coefficient (Wildman–Crippen LogP) is 1.54. The first-order valence-electron chi connectivity index (χ1n) is 3.53. The van der Waals surface area contributed by atoms with Crippen molar-refractivity contribution >= 4 is 17.6 Å². The first-order valence-corrected chi connectivity index (χ1v) is 4.07. The molecule has 11 heavy (non-hydrogen) atoms. The van der Waals surface area contributed by atoms with Crippen molar-refractivity contribution in [3.63, 3.8) is 0 Å². The molecule has 0 amide bonds. The second kappa shape index (κ2) is 6.43. The van der Waals surface area contributed by atoms with E-state index in [2.05, 4.69) is 0 Å². The van der Waals surface area contributed by atoms with E-state index in [0.29, 0.717) is 6.61 Å². The quantitative estimate of drug-likeness (QED) is 0.476. The summed E-state index contributed by atoms with van der Waals surface area (Å²) in [5.41, 5.74) is 0. The molecule has 0 rings (SSSR count). The van der Waals surface area contributed by atoms with E-state index in [1.165, 1.54) is 0 Å². The van der Waals surface area contributed by atoms with E-state index >= 15 is 0 Å². The van der Waals surface area contributed by atoms with Crippen LogP contribution in [0.3, 0.4) is 0 Å². The summed E-state index contributed by atoms with van der Waals surface area (Å²) in [6.07, 6.45) is 0.104. The minimum atomic E-state index is -0.245. The minimum Gasteiger partial charge on any atom is -0.466 e. The summed E-state index contributed by atoms with van der Waals surface area (Å²) in [6, 6.07) is 0.112.